The van der Waals surface area contributed by atoms with Crippen molar-refractivity contribution >= 4 is 65.6 Å². The molecule has 10 aromatic carbocycles. The monoisotopic (exact) mass is 881 g/mol. The van der Waals surface area contributed by atoms with E-state index in [1.165, 1.54) is 38.3 Å². The molecule has 0 saturated heterocycles. The molecule has 69 heavy (non-hydrogen) atoms. The molecule has 0 N–H and O–H groups in total. The highest BCUT2D eigenvalue weighted by molar-refractivity contribution is 6.22. The molecule has 0 atom stereocenters. The minimum atomic E-state index is 0.534. The number of fused-ring (bicyclic) bond motifs is 9. The lowest BCUT2D eigenvalue weighted by atomic mass is 9.95. The minimum Gasteiger partial charge on any atom is -0.455 e. The van der Waals surface area contributed by atoms with Crippen molar-refractivity contribution in [2.75, 3.05) is 0 Å². The molecule has 0 unspecified atom stereocenters. The van der Waals surface area contributed by atoms with Gasteiger partial charge in [-0.25, -0.2) is 15.0 Å². The van der Waals surface area contributed by atoms with Crippen LogP contribution in [0.25, 0.3) is 133 Å². The summed E-state index contributed by atoms with van der Waals surface area (Å²) in [7, 11) is 0. The van der Waals surface area contributed by atoms with Crippen molar-refractivity contribution < 1.29 is 4.42 Å². The Morgan fingerprint density at radius 2 is 0.783 bits per heavy atom. The topological polar surface area (TPSA) is 61.7 Å². The second-order valence-electron chi connectivity index (χ2n) is 17.5. The Morgan fingerprint density at radius 1 is 0.304 bits per heavy atom. The highest BCUT2D eigenvalue weighted by Gasteiger charge is 2.24. The molecule has 0 radical (unpaired) electrons. The van der Waals surface area contributed by atoms with Crippen LogP contribution in [0.5, 0.6) is 0 Å². The van der Waals surface area contributed by atoms with Crippen molar-refractivity contribution in [3.63, 3.8) is 0 Å². The molecular weight excluding hydrogens is 843 g/mol. The summed E-state index contributed by atoms with van der Waals surface area (Å²) >= 11 is 0. The summed E-state index contributed by atoms with van der Waals surface area (Å²) in [6.07, 6.45) is 0. The van der Waals surface area contributed by atoms with E-state index in [-0.39, 0.29) is 0 Å². The zero-order chi connectivity index (χ0) is 45.4. The summed E-state index contributed by atoms with van der Waals surface area (Å²) in [6, 6.07) is 83.3. The van der Waals surface area contributed by atoms with E-state index in [1.54, 1.807) is 0 Å². The fourth-order valence-electron chi connectivity index (χ4n) is 10.6. The third kappa shape index (κ3) is 6.16. The summed E-state index contributed by atoms with van der Waals surface area (Å²) in [4.78, 5) is 16.0. The standard InChI is InChI=1S/C63H39N5O/c1-3-19-40(20-4-1)41-21-15-22-42(39-41)61-64-62(66-63(65-61)51-32-16-31-47-44-25-10-14-38-57(44)69-60(47)51)50-28-9-13-35-54(50)68-53-34-12-8-27-49(53)59-46(30-18-37-56(59)68)45-29-17-36-55-58(45)48-26-7-11-33-52(48)67(55)43-23-5-2-6-24-43/h1-39H. The third-order valence-electron chi connectivity index (χ3n) is 13.6. The molecule has 322 valence electrons. The molecule has 6 heteroatoms. The second-order valence-corrected chi connectivity index (χ2v) is 17.5. The predicted octanol–water partition coefficient (Wildman–Crippen LogP) is 16.3. The maximum absolute atomic E-state index is 6.60. The van der Waals surface area contributed by atoms with E-state index >= 15 is 0 Å². The largest absolute Gasteiger partial charge is 0.455 e. The van der Waals surface area contributed by atoms with Crippen molar-refractivity contribution in [1.29, 1.82) is 0 Å². The molecule has 14 aromatic rings. The molecule has 0 amide bonds. The number of hydrogen-bond acceptors (Lipinski definition) is 4. The van der Waals surface area contributed by atoms with Gasteiger partial charge in [0.15, 0.2) is 17.5 Å². The van der Waals surface area contributed by atoms with Crippen LogP contribution < -0.4 is 0 Å². The van der Waals surface area contributed by atoms with Gasteiger partial charge in [0.2, 0.25) is 0 Å². The Bertz CT molecular complexity index is 4320. The van der Waals surface area contributed by atoms with Gasteiger partial charge in [0.05, 0.1) is 33.3 Å². The van der Waals surface area contributed by atoms with Crippen LogP contribution >= 0.6 is 0 Å². The molecule has 0 spiro atoms. The molecule has 0 aliphatic carbocycles. The van der Waals surface area contributed by atoms with Gasteiger partial charge in [0.1, 0.15) is 11.2 Å². The number of aromatic nitrogens is 5. The summed E-state index contributed by atoms with van der Waals surface area (Å²) in [5.41, 5.74) is 15.3. The van der Waals surface area contributed by atoms with Crippen LogP contribution in [0.3, 0.4) is 0 Å². The summed E-state index contributed by atoms with van der Waals surface area (Å²) in [5, 5.41) is 6.84. The van der Waals surface area contributed by atoms with Gasteiger partial charge < -0.3 is 13.6 Å². The second kappa shape index (κ2) is 15.6. The van der Waals surface area contributed by atoms with Gasteiger partial charge in [-0.1, -0.05) is 170 Å². The quantitative estimate of drug-likeness (QED) is 0.160. The Kier molecular flexibility index (Phi) is 8.79. The van der Waals surface area contributed by atoms with Crippen LogP contribution in [0.15, 0.2) is 241 Å². The van der Waals surface area contributed by atoms with Crippen LogP contribution in [0.4, 0.5) is 0 Å². The first-order valence-corrected chi connectivity index (χ1v) is 23.3. The zero-order valence-corrected chi connectivity index (χ0v) is 37.2. The van der Waals surface area contributed by atoms with Gasteiger partial charge in [-0.2, -0.15) is 0 Å². The molecular formula is C63H39N5O. The van der Waals surface area contributed by atoms with Gasteiger partial charge in [-0.3, -0.25) is 0 Å². The average molecular weight is 882 g/mol. The van der Waals surface area contributed by atoms with Crippen molar-refractivity contribution in [3.05, 3.63) is 237 Å². The smallest absolute Gasteiger partial charge is 0.167 e. The lowest BCUT2D eigenvalue weighted by Gasteiger charge is -2.15. The molecule has 6 nitrogen and oxygen atoms in total. The molecule has 0 saturated carbocycles. The van der Waals surface area contributed by atoms with Gasteiger partial charge >= 0.3 is 0 Å². The van der Waals surface area contributed by atoms with Crippen LogP contribution in [-0.4, -0.2) is 24.1 Å². The third-order valence-corrected chi connectivity index (χ3v) is 13.6. The fraction of sp³-hybridized carbons (Fsp3) is 0. The van der Waals surface area contributed by atoms with E-state index in [2.05, 4.69) is 215 Å². The number of para-hydroxylation sites is 6. The predicted molar refractivity (Wildman–Crippen MR) is 283 cm³/mol. The summed E-state index contributed by atoms with van der Waals surface area (Å²) in [6.45, 7) is 0. The van der Waals surface area contributed by atoms with E-state index in [0.717, 1.165) is 77.6 Å². The average Bonchev–Trinajstić information content (AvgIpc) is 4.09. The molecule has 0 aliphatic rings. The Hall–Kier alpha value is -9.39. The Balaban J connectivity index is 1.01. The Labute approximate surface area is 396 Å². The summed E-state index contributed by atoms with van der Waals surface area (Å²) < 4.78 is 11.4. The molecule has 0 aliphatic heterocycles. The number of rotatable bonds is 7. The first-order valence-electron chi connectivity index (χ1n) is 23.3. The van der Waals surface area contributed by atoms with Gasteiger partial charge in [-0.05, 0) is 89.0 Å². The highest BCUT2D eigenvalue weighted by Crippen LogP contribution is 2.45. The lowest BCUT2D eigenvalue weighted by molar-refractivity contribution is 0.669. The van der Waals surface area contributed by atoms with Gasteiger partial charge in [-0.15, -0.1) is 0 Å². The van der Waals surface area contributed by atoms with E-state index in [1.807, 2.05) is 30.3 Å². The fourth-order valence-corrected chi connectivity index (χ4v) is 10.6. The first-order chi connectivity index (χ1) is 34.2. The van der Waals surface area contributed by atoms with Crippen LogP contribution in [0, 0.1) is 0 Å². The van der Waals surface area contributed by atoms with Crippen molar-refractivity contribution in [1.82, 2.24) is 24.1 Å². The first kappa shape index (κ1) is 38.8. The normalized spacial score (nSPS) is 11.8. The molecule has 14 rings (SSSR count). The number of benzene rings is 10. The van der Waals surface area contributed by atoms with Gasteiger partial charge in [0, 0.05) is 49.1 Å². The lowest BCUT2D eigenvalue weighted by Crippen LogP contribution is -2.03. The number of nitrogens with zero attached hydrogens (tertiary/aromatic N) is 5. The van der Waals surface area contributed by atoms with Crippen LogP contribution in [-0.2, 0) is 0 Å². The van der Waals surface area contributed by atoms with Crippen molar-refractivity contribution in [2.45, 2.75) is 0 Å². The molecule has 4 aromatic heterocycles. The van der Waals surface area contributed by atoms with Crippen LogP contribution in [0.1, 0.15) is 0 Å². The molecule has 4 heterocycles. The molecule has 0 bridgehead atoms. The van der Waals surface area contributed by atoms with Gasteiger partial charge in [0.25, 0.3) is 0 Å². The number of furan rings is 1. The van der Waals surface area contributed by atoms with E-state index in [0.29, 0.717) is 17.5 Å². The minimum absolute atomic E-state index is 0.534. The maximum Gasteiger partial charge on any atom is 0.167 e. The number of hydrogen-bond donors (Lipinski definition) is 0. The summed E-state index contributed by atoms with van der Waals surface area (Å²) in [5.74, 6) is 1.67. The van der Waals surface area contributed by atoms with Crippen molar-refractivity contribution in [2.24, 2.45) is 0 Å². The Morgan fingerprint density at radius 3 is 1.54 bits per heavy atom. The maximum atomic E-state index is 6.60. The highest BCUT2D eigenvalue weighted by atomic mass is 16.3. The van der Waals surface area contributed by atoms with Crippen LogP contribution in [0.2, 0.25) is 0 Å². The van der Waals surface area contributed by atoms with Crippen molar-refractivity contribution in [3.8, 4) is 67.8 Å². The zero-order valence-electron chi connectivity index (χ0n) is 37.2. The molecule has 0 fully saturated rings. The SMILES string of the molecule is c1ccc(-c2cccc(-c3nc(-c4ccccc4-n4c5ccccc5c5c(-c6cccc7c6c6ccccc6n7-c6ccccc6)cccc54)nc(-c4cccc5c4oc4ccccc45)n3)c2)cc1. The van der Waals surface area contributed by atoms with E-state index in [9.17, 15) is 0 Å². The van der Waals surface area contributed by atoms with E-state index < -0.39 is 0 Å². The van der Waals surface area contributed by atoms with E-state index in [4.69, 9.17) is 19.4 Å².